The van der Waals surface area contributed by atoms with Gasteiger partial charge < -0.3 is 15.3 Å². The molecule has 2 amide bonds. The number of carbonyl (C=O) groups excluding carboxylic acids is 1. The number of nitrogens with one attached hydrogen (secondary N) is 1. The molecular weight excluding hydrogens is 276 g/mol. The molecule has 1 aromatic carbocycles. The number of nitrogens with zero attached hydrogens (tertiary/aromatic N) is 1. The van der Waals surface area contributed by atoms with Gasteiger partial charge in [0, 0.05) is 13.1 Å². The number of hydrogen-bond acceptors (Lipinski definition) is 2. The normalized spacial score (nSPS) is 18.9. The van der Waals surface area contributed by atoms with Crippen molar-refractivity contribution in [3.05, 3.63) is 34.9 Å². The lowest BCUT2D eigenvalue weighted by Crippen LogP contribution is -2.46. The molecule has 2 rings (SSSR count). The van der Waals surface area contributed by atoms with Crippen LogP contribution < -0.4 is 5.32 Å². The molecule has 4 heteroatoms. The van der Waals surface area contributed by atoms with Crippen LogP contribution in [0.25, 0.3) is 0 Å². The van der Waals surface area contributed by atoms with Gasteiger partial charge in [0.25, 0.3) is 0 Å². The van der Waals surface area contributed by atoms with Crippen LogP contribution in [0.5, 0.6) is 0 Å². The molecule has 2 unspecified atom stereocenters. The van der Waals surface area contributed by atoms with Crippen molar-refractivity contribution >= 4 is 6.03 Å². The first-order chi connectivity index (χ1) is 10.4. The van der Waals surface area contributed by atoms with Gasteiger partial charge in [-0.3, -0.25) is 0 Å². The van der Waals surface area contributed by atoms with Crippen molar-refractivity contribution in [3.63, 3.8) is 0 Å². The molecule has 1 heterocycles. The summed E-state index contributed by atoms with van der Waals surface area (Å²) in [5.41, 5.74) is 3.66. The van der Waals surface area contributed by atoms with Crippen molar-refractivity contribution < 1.29 is 9.90 Å². The zero-order valence-electron chi connectivity index (χ0n) is 14.1. The summed E-state index contributed by atoms with van der Waals surface area (Å²) < 4.78 is 0. The van der Waals surface area contributed by atoms with E-state index in [-0.39, 0.29) is 18.2 Å². The van der Waals surface area contributed by atoms with E-state index in [1.165, 1.54) is 16.7 Å². The maximum absolute atomic E-state index is 12.4. The first-order valence-electron chi connectivity index (χ1n) is 8.19. The van der Waals surface area contributed by atoms with Crippen molar-refractivity contribution in [3.8, 4) is 0 Å². The Bertz CT molecular complexity index is 520. The number of urea groups is 1. The van der Waals surface area contributed by atoms with Crippen LogP contribution in [0.2, 0.25) is 0 Å². The number of aliphatic hydroxyl groups excluding tert-OH is 1. The third kappa shape index (κ3) is 3.80. The van der Waals surface area contributed by atoms with Crippen LogP contribution in [0.3, 0.4) is 0 Å². The Kier molecular flexibility index (Phi) is 5.46. The number of aryl methyl sites for hydroxylation is 1. The Morgan fingerprint density at radius 1 is 1.27 bits per heavy atom. The number of benzene rings is 1. The van der Waals surface area contributed by atoms with Gasteiger partial charge in [-0.25, -0.2) is 4.79 Å². The fraction of sp³-hybridized carbons (Fsp3) is 0.611. The lowest BCUT2D eigenvalue weighted by molar-refractivity contribution is 0.0794. The van der Waals surface area contributed by atoms with Crippen LogP contribution in [0.1, 0.15) is 49.4 Å². The molecule has 0 aliphatic carbocycles. The summed E-state index contributed by atoms with van der Waals surface area (Å²) in [5, 5.41) is 12.7. The average Bonchev–Trinajstić information content (AvgIpc) is 2.50. The standard InChI is InChI=1S/C18H28N2O2/c1-12-6-5-7-17(13(12)2)14(3)19-18(22)20-10-8-16(9-11-20)15(4)21/h5-7,14-16,21H,8-11H2,1-4H3,(H,19,22). The van der Waals surface area contributed by atoms with E-state index in [0.29, 0.717) is 5.92 Å². The molecule has 0 spiro atoms. The maximum atomic E-state index is 12.4. The summed E-state index contributed by atoms with van der Waals surface area (Å²) in [4.78, 5) is 14.3. The molecule has 0 radical (unpaired) electrons. The Morgan fingerprint density at radius 2 is 1.91 bits per heavy atom. The molecule has 1 saturated heterocycles. The van der Waals surface area contributed by atoms with Crippen LogP contribution in [0.4, 0.5) is 4.79 Å². The zero-order valence-corrected chi connectivity index (χ0v) is 14.1. The molecule has 1 fully saturated rings. The zero-order chi connectivity index (χ0) is 16.3. The minimum absolute atomic E-state index is 0.00175. The number of likely N-dealkylation sites (tertiary alicyclic amines) is 1. The minimum atomic E-state index is -0.279. The molecule has 4 nitrogen and oxygen atoms in total. The van der Waals surface area contributed by atoms with Crippen molar-refractivity contribution in [1.29, 1.82) is 0 Å². The Balaban J connectivity index is 1.93. The number of hydrogen-bond donors (Lipinski definition) is 2. The third-order valence-corrected chi connectivity index (χ3v) is 4.96. The number of aliphatic hydroxyl groups is 1. The first-order valence-corrected chi connectivity index (χ1v) is 8.19. The fourth-order valence-electron chi connectivity index (χ4n) is 3.18. The highest BCUT2D eigenvalue weighted by atomic mass is 16.3. The number of rotatable bonds is 3. The molecular formula is C18H28N2O2. The minimum Gasteiger partial charge on any atom is -0.393 e. The summed E-state index contributed by atoms with van der Waals surface area (Å²) in [6.45, 7) is 9.50. The van der Waals surface area contributed by atoms with Gasteiger partial charge in [0.1, 0.15) is 0 Å². The molecule has 22 heavy (non-hydrogen) atoms. The Labute approximate surface area is 133 Å². The molecule has 2 atom stereocenters. The lowest BCUT2D eigenvalue weighted by atomic mass is 9.92. The molecule has 1 aliphatic rings. The topological polar surface area (TPSA) is 52.6 Å². The van der Waals surface area contributed by atoms with Crippen LogP contribution in [-0.4, -0.2) is 35.2 Å². The predicted octanol–water partition coefficient (Wildman–Crippen LogP) is 3.17. The van der Waals surface area contributed by atoms with Gasteiger partial charge in [-0.15, -0.1) is 0 Å². The van der Waals surface area contributed by atoms with Gasteiger partial charge in [-0.2, -0.15) is 0 Å². The van der Waals surface area contributed by atoms with E-state index in [1.54, 1.807) is 0 Å². The van der Waals surface area contributed by atoms with Crippen LogP contribution >= 0.6 is 0 Å². The second kappa shape index (κ2) is 7.14. The van der Waals surface area contributed by atoms with Gasteiger partial charge in [-0.05, 0) is 63.1 Å². The third-order valence-electron chi connectivity index (χ3n) is 4.96. The average molecular weight is 304 g/mol. The monoisotopic (exact) mass is 304 g/mol. The van der Waals surface area contributed by atoms with E-state index in [9.17, 15) is 9.90 Å². The lowest BCUT2D eigenvalue weighted by Gasteiger charge is -2.34. The fourth-order valence-corrected chi connectivity index (χ4v) is 3.18. The molecule has 1 aromatic rings. The highest BCUT2D eigenvalue weighted by molar-refractivity contribution is 5.74. The van der Waals surface area contributed by atoms with E-state index < -0.39 is 0 Å². The van der Waals surface area contributed by atoms with E-state index >= 15 is 0 Å². The van der Waals surface area contributed by atoms with Crippen LogP contribution in [0.15, 0.2) is 18.2 Å². The number of carbonyl (C=O) groups is 1. The van der Waals surface area contributed by atoms with Gasteiger partial charge in [0.15, 0.2) is 0 Å². The number of piperidine rings is 1. The summed E-state index contributed by atoms with van der Waals surface area (Å²) in [7, 11) is 0. The maximum Gasteiger partial charge on any atom is 0.317 e. The summed E-state index contributed by atoms with van der Waals surface area (Å²) >= 11 is 0. The molecule has 1 aliphatic heterocycles. The Hall–Kier alpha value is -1.55. The second-order valence-corrected chi connectivity index (χ2v) is 6.53. The van der Waals surface area contributed by atoms with E-state index in [1.807, 2.05) is 24.8 Å². The highest BCUT2D eigenvalue weighted by Gasteiger charge is 2.26. The summed E-state index contributed by atoms with van der Waals surface area (Å²) in [6, 6.07) is 6.20. The summed E-state index contributed by atoms with van der Waals surface area (Å²) in [5.74, 6) is 0.320. The van der Waals surface area contributed by atoms with Gasteiger partial charge in [-0.1, -0.05) is 18.2 Å². The van der Waals surface area contributed by atoms with Crippen LogP contribution in [0, 0.1) is 19.8 Å². The molecule has 122 valence electrons. The van der Waals surface area contributed by atoms with Crippen molar-refractivity contribution in [2.45, 2.75) is 52.7 Å². The largest absolute Gasteiger partial charge is 0.393 e. The summed E-state index contributed by atoms with van der Waals surface area (Å²) in [6.07, 6.45) is 1.48. The van der Waals surface area contributed by atoms with Crippen molar-refractivity contribution in [1.82, 2.24) is 10.2 Å². The number of amides is 2. The van der Waals surface area contributed by atoms with E-state index in [0.717, 1.165) is 25.9 Å². The first kappa shape index (κ1) is 16.8. The van der Waals surface area contributed by atoms with Crippen LogP contribution in [-0.2, 0) is 0 Å². The van der Waals surface area contributed by atoms with Gasteiger partial charge in [0.2, 0.25) is 0 Å². The molecule has 0 saturated carbocycles. The second-order valence-electron chi connectivity index (χ2n) is 6.53. The van der Waals surface area contributed by atoms with Crippen molar-refractivity contribution in [2.24, 2.45) is 5.92 Å². The molecule has 0 bridgehead atoms. The van der Waals surface area contributed by atoms with E-state index in [2.05, 4.69) is 31.3 Å². The smallest absolute Gasteiger partial charge is 0.317 e. The Morgan fingerprint density at radius 3 is 2.50 bits per heavy atom. The SMILES string of the molecule is Cc1cccc(C(C)NC(=O)N2CCC(C(C)O)CC2)c1C. The quantitative estimate of drug-likeness (QED) is 0.901. The predicted molar refractivity (Wildman–Crippen MR) is 88.8 cm³/mol. The van der Waals surface area contributed by atoms with Crippen molar-refractivity contribution in [2.75, 3.05) is 13.1 Å². The van der Waals surface area contributed by atoms with Gasteiger partial charge >= 0.3 is 6.03 Å². The molecule has 0 aromatic heterocycles. The molecule has 2 N–H and O–H groups in total. The van der Waals surface area contributed by atoms with E-state index in [4.69, 9.17) is 0 Å². The van der Waals surface area contributed by atoms with Gasteiger partial charge in [0.05, 0.1) is 12.1 Å². The highest BCUT2D eigenvalue weighted by Crippen LogP contribution is 2.23.